The van der Waals surface area contributed by atoms with Crippen molar-refractivity contribution in [1.82, 2.24) is 19.1 Å². The number of aryl methyl sites for hydroxylation is 4. The van der Waals surface area contributed by atoms with Crippen LogP contribution in [0, 0.1) is 20.8 Å². The average Bonchev–Trinajstić information content (AvgIpc) is 3.11. The molecule has 2 heterocycles. The molecule has 1 unspecified atom stereocenters. The molecule has 33 heavy (non-hydrogen) atoms. The number of hydrogen-bond acceptors (Lipinski definition) is 6. The number of hydrogen-bond donors (Lipinski definition) is 2. The number of imidazole rings is 1. The number of nitrogens with zero attached hydrogens (tertiary/aromatic N) is 3. The third kappa shape index (κ3) is 4.68. The summed E-state index contributed by atoms with van der Waals surface area (Å²) < 4.78 is 14.4. The Kier molecular flexibility index (Phi) is 6.06. The molecule has 0 aliphatic rings. The van der Waals surface area contributed by atoms with E-state index >= 15 is 0 Å². The van der Waals surface area contributed by atoms with Gasteiger partial charge in [-0.05, 0) is 61.7 Å². The molecule has 2 N–H and O–H groups in total. The van der Waals surface area contributed by atoms with Gasteiger partial charge in [0, 0.05) is 7.05 Å². The number of rotatable bonds is 7. The van der Waals surface area contributed by atoms with E-state index in [1.807, 2.05) is 57.2 Å². The maximum atomic E-state index is 12.6. The second-order valence-corrected chi connectivity index (χ2v) is 8.12. The van der Waals surface area contributed by atoms with Gasteiger partial charge in [0.2, 0.25) is 0 Å². The van der Waals surface area contributed by atoms with Crippen molar-refractivity contribution in [3.8, 4) is 17.5 Å². The number of H-pyrrole nitrogens is 1. The first-order valence-corrected chi connectivity index (χ1v) is 10.5. The van der Waals surface area contributed by atoms with Crippen LogP contribution in [-0.2, 0) is 13.6 Å². The van der Waals surface area contributed by atoms with Crippen molar-refractivity contribution in [2.24, 2.45) is 7.05 Å². The Morgan fingerprint density at radius 3 is 2.58 bits per heavy atom. The number of aliphatic hydroxyl groups excluding tert-OH is 1. The predicted molar refractivity (Wildman–Crippen MR) is 124 cm³/mol. The van der Waals surface area contributed by atoms with Crippen molar-refractivity contribution in [1.29, 1.82) is 0 Å². The van der Waals surface area contributed by atoms with Crippen LogP contribution in [0.3, 0.4) is 0 Å². The van der Waals surface area contributed by atoms with E-state index in [1.54, 1.807) is 6.07 Å². The molecule has 0 amide bonds. The molecule has 4 rings (SSSR count). The first-order valence-electron chi connectivity index (χ1n) is 10.5. The second-order valence-electron chi connectivity index (χ2n) is 8.12. The van der Waals surface area contributed by atoms with Crippen molar-refractivity contribution in [2.45, 2.75) is 33.4 Å². The number of fused-ring (bicyclic) bond motifs is 1. The standard InChI is InChI=1S/C24H26N4O5/c1-14-6-5-7-19(10-14)33-24-25-21-20(22(30)26-23(31)27(21)4)28(24)12-17(29)13-32-18-9-8-15(2)16(3)11-18/h5-11,17,29H,12-13H2,1-4H3,(H,26,30,31). The normalized spacial score (nSPS) is 12.2. The summed E-state index contributed by atoms with van der Waals surface area (Å²) in [5, 5.41) is 10.7. The first kappa shape index (κ1) is 22.3. The van der Waals surface area contributed by atoms with E-state index < -0.39 is 17.4 Å². The maximum absolute atomic E-state index is 12.6. The molecule has 0 fully saturated rings. The van der Waals surface area contributed by atoms with Crippen molar-refractivity contribution in [2.75, 3.05) is 6.61 Å². The fraction of sp³-hybridized carbons (Fsp3) is 0.292. The lowest BCUT2D eigenvalue weighted by molar-refractivity contribution is 0.0915. The second kappa shape index (κ2) is 8.95. The van der Waals surface area contributed by atoms with Gasteiger partial charge in [0.05, 0.1) is 6.54 Å². The van der Waals surface area contributed by atoms with Gasteiger partial charge < -0.3 is 14.6 Å². The van der Waals surface area contributed by atoms with Gasteiger partial charge in [0.15, 0.2) is 11.2 Å². The molecular weight excluding hydrogens is 424 g/mol. The summed E-state index contributed by atoms with van der Waals surface area (Å²) in [6, 6.07) is 13.1. The maximum Gasteiger partial charge on any atom is 0.329 e. The van der Waals surface area contributed by atoms with Crippen molar-refractivity contribution < 1.29 is 14.6 Å². The molecule has 0 radical (unpaired) electrons. The van der Waals surface area contributed by atoms with Crippen LogP contribution in [0.1, 0.15) is 16.7 Å². The first-order chi connectivity index (χ1) is 15.7. The zero-order valence-electron chi connectivity index (χ0n) is 19.0. The molecule has 9 nitrogen and oxygen atoms in total. The quantitative estimate of drug-likeness (QED) is 0.448. The van der Waals surface area contributed by atoms with E-state index in [4.69, 9.17) is 9.47 Å². The lowest BCUT2D eigenvalue weighted by Gasteiger charge is -2.16. The Hall–Kier alpha value is -3.85. The van der Waals surface area contributed by atoms with Gasteiger partial charge in [-0.3, -0.25) is 18.9 Å². The smallest absolute Gasteiger partial charge is 0.329 e. The summed E-state index contributed by atoms with van der Waals surface area (Å²) in [4.78, 5) is 31.3. The van der Waals surface area contributed by atoms with Crippen molar-refractivity contribution in [3.63, 3.8) is 0 Å². The van der Waals surface area contributed by atoms with Crippen LogP contribution in [-0.4, -0.2) is 36.9 Å². The molecule has 1 atom stereocenters. The Labute approximate surface area is 189 Å². The number of aromatic nitrogens is 4. The number of ether oxygens (including phenoxy) is 2. The van der Waals surface area contributed by atoms with Crippen LogP contribution in [0.15, 0.2) is 52.1 Å². The third-order valence-electron chi connectivity index (χ3n) is 5.48. The Morgan fingerprint density at radius 2 is 1.85 bits per heavy atom. The topological polar surface area (TPSA) is 111 Å². The van der Waals surface area contributed by atoms with Gasteiger partial charge in [-0.2, -0.15) is 4.98 Å². The number of benzene rings is 2. The van der Waals surface area contributed by atoms with E-state index in [2.05, 4.69) is 9.97 Å². The summed E-state index contributed by atoms with van der Waals surface area (Å²) in [6.07, 6.45) is -0.972. The van der Waals surface area contributed by atoms with E-state index in [1.165, 1.54) is 16.2 Å². The Balaban J connectivity index is 1.66. The van der Waals surface area contributed by atoms with E-state index in [-0.39, 0.29) is 30.3 Å². The van der Waals surface area contributed by atoms with E-state index in [9.17, 15) is 14.7 Å². The predicted octanol–water partition coefficient (Wildman–Crippen LogP) is 2.58. The molecule has 2 aromatic heterocycles. The average molecular weight is 450 g/mol. The van der Waals surface area contributed by atoms with Gasteiger partial charge in [0.25, 0.3) is 5.56 Å². The van der Waals surface area contributed by atoms with Crippen LogP contribution >= 0.6 is 0 Å². The molecule has 0 saturated carbocycles. The van der Waals surface area contributed by atoms with Gasteiger partial charge in [0.1, 0.15) is 24.2 Å². The largest absolute Gasteiger partial charge is 0.491 e. The highest BCUT2D eigenvalue weighted by Gasteiger charge is 2.21. The minimum absolute atomic E-state index is 0.00424. The molecule has 0 aliphatic heterocycles. The van der Waals surface area contributed by atoms with Crippen molar-refractivity contribution >= 4 is 11.2 Å². The Bertz CT molecular complexity index is 1430. The monoisotopic (exact) mass is 450 g/mol. The van der Waals surface area contributed by atoms with Crippen molar-refractivity contribution in [3.05, 3.63) is 80.0 Å². The summed E-state index contributed by atoms with van der Waals surface area (Å²) in [6.45, 7) is 5.90. The highest BCUT2D eigenvalue weighted by Crippen LogP contribution is 2.25. The fourth-order valence-corrected chi connectivity index (χ4v) is 3.51. The number of aromatic amines is 1. The third-order valence-corrected chi connectivity index (χ3v) is 5.48. The number of aliphatic hydroxyl groups is 1. The molecule has 0 spiro atoms. The molecule has 0 bridgehead atoms. The molecule has 0 aliphatic carbocycles. The van der Waals surface area contributed by atoms with E-state index in [0.717, 1.165) is 16.7 Å². The van der Waals surface area contributed by atoms with E-state index in [0.29, 0.717) is 11.5 Å². The highest BCUT2D eigenvalue weighted by molar-refractivity contribution is 5.71. The minimum atomic E-state index is -0.972. The number of nitrogens with one attached hydrogen (secondary N) is 1. The van der Waals surface area contributed by atoms with Gasteiger partial charge in [-0.25, -0.2) is 4.79 Å². The zero-order chi connectivity index (χ0) is 23.7. The summed E-state index contributed by atoms with van der Waals surface area (Å²) in [7, 11) is 1.51. The van der Waals surface area contributed by atoms with Gasteiger partial charge in [-0.15, -0.1) is 0 Å². The highest BCUT2D eigenvalue weighted by atomic mass is 16.5. The van der Waals surface area contributed by atoms with Crippen LogP contribution in [0.25, 0.3) is 11.2 Å². The molecule has 172 valence electrons. The molecular formula is C24H26N4O5. The summed E-state index contributed by atoms with van der Waals surface area (Å²) >= 11 is 0. The SMILES string of the molecule is Cc1cccc(Oc2nc3c(c(=O)[nH]c(=O)n3C)n2CC(O)COc2ccc(C)c(C)c2)c1. The lowest BCUT2D eigenvalue weighted by Crippen LogP contribution is -2.30. The van der Waals surface area contributed by atoms with Crippen LogP contribution in [0.5, 0.6) is 17.5 Å². The lowest BCUT2D eigenvalue weighted by atomic mass is 10.1. The molecule has 2 aromatic carbocycles. The van der Waals surface area contributed by atoms with Crippen LogP contribution in [0.4, 0.5) is 0 Å². The molecule has 4 aromatic rings. The minimum Gasteiger partial charge on any atom is -0.491 e. The summed E-state index contributed by atoms with van der Waals surface area (Å²) in [5.74, 6) is 1.16. The van der Waals surface area contributed by atoms with Gasteiger partial charge >= 0.3 is 11.7 Å². The van der Waals surface area contributed by atoms with Crippen LogP contribution < -0.4 is 20.7 Å². The molecule has 9 heteroatoms. The Morgan fingerprint density at radius 1 is 1.06 bits per heavy atom. The van der Waals surface area contributed by atoms with Gasteiger partial charge in [-0.1, -0.05) is 18.2 Å². The summed E-state index contributed by atoms with van der Waals surface area (Å²) in [5.41, 5.74) is 2.32. The zero-order valence-corrected chi connectivity index (χ0v) is 19.0. The van der Waals surface area contributed by atoms with Crippen LogP contribution in [0.2, 0.25) is 0 Å². The molecule has 0 saturated heterocycles. The fourth-order valence-electron chi connectivity index (χ4n) is 3.51.